The van der Waals surface area contributed by atoms with E-state index in [-0.39, 0.29) is 0 Å². The predicted molar refractivity (Wildman–Crippen MR) is 62.0 cm³/mol. The molecule has 0 aliphatic rings. The summed E-state index contributed by atoms with van der Waals surface area (Å²) in [6.07, 6.45) is 5.75. The van der Waals surface area contributed by atoms with E-state index in [4.69, 9.17) is 5.26 Å². The van der Waals surface area contributed by atoms with E-state index in [0.29, 0.717) is 0 Å². The number of nitrogens with zero attached hydrogens (tertiary/aromatic N) is 2. The first-order valence-electron chi connectivity index (χ1n) is 5.55. The quantitative estimate of drug-likeness (QED) is 0.402. The Morgan fingerprint density at radius 1 is 1.20 bits per heavy atom. The highest BCUT2D eigenvalue weighted by atomic mass is 15.1. The van der Waals surface area contributed by atoms with Crippen LogP contribution in [0.3, 0.4) is 0 Å². The van der Waals surface area contributed by atoms with Crippen LogP contribution in [-0.2, 0) is 6.54 Å². The zero-order chi connectivity index (χ0) is 10.9. The average molecular weight is 202 g/mol. The molecular formula is C13H18N2. The third-order valence-corrected chi connectivity index (χ3v) is 2.39. The van der Waals surface area contributed by atoms with Gasteiger partial charge in [-0.1, -0.05) is 50.1 Å². The highest BCUT2D eigenvalue weighted by molar-refractivity contribution is 5.14. The van der Waals surface area contributed by atoms with Gasteiger partial charge in [-0.15, -0.1) is 0 Å². The van der Waals surface area contributed by atoms with Gasteiger partial charge < -0.3 is 4.90 Å². The molecule has 0 heterocycles. The number of hydrogen-bond donors (Lipinski definition) is 0. The molecule has 15 heavy (non-hydrogen) atoms. The molecule has 0 bridgehead atoms. The molecule has 0 atom stereocenters. The van der Waals surface area contributed by atoms with Crippen molar-refractivity contribution in [3.8, 4) is 6.19 Å². The molecule has 2 heteroatoms. The minimum atomic E-state index is 0.737. The molecule has 0 fully saturated rings. The largest absolute Gasteiger partial charge is 0.306 e. The highest BCUT2D eigenvalue weighted by Gasteiger charge is 2.01. The predicted octanol–water partition coefficient (Wildman–Crippen LogP) is 3.16. The van der Waals surface area contributed by atoms with Crippen LogP contribution in [0.4, 0.5) is 0 Å². The molecule has 2 nitrogen and oxygen atoms in total. The molecular weight excluding hydrogens is 184 g/mol. The van der Waals surface area contributed by atoms with Crippen LogP contribution >= 0.6 is 0 Å². The maximum absolute atomic E-state index is 8.96. The Labute approximate surface area is 92.1 Å². The van der Waals surface area contributed by atoms with Crippen molar-refractivity contribution in [1.29, 1.82) is 5.26 Å². The van der Waals surface area contributed by atoms with Crippen LogP contribution < -0.4 is 0 Å². The van der Waals surface area contributed by atoms with Gasteiger partial charge in [0.25, 0.3) is 0 Å². The smallest absolute Gasteiger partial charge is 0.179 e. The van der Waals surface area contributed by atoms with Crippen molar-refractivity contribution in [3.05, 3.63) is 35.9 Å². The molecule has 0 spiro atoms. The molecule has 0 saturated heterocycles. The van der Waals surface area contributed by atoms with Gasteiger partial charge in [0.2, 0.25) is 0 Å². The molecule has 0 unspecified atom stereocenters. The Balaban J connectivity index is 2.38. The molecule has 0 aliphatic heterocycles. The van der Waals surface area contributed by atoms with Crippen LogP contribution in [-0.4, -0.2) is 11.4 Å². The van der Waals surface area contributed by atoms with Crippen molar-refractivity contribution < 1.29 is 0 Å². The van der Waals surface area contributed by atoms with Crippen LogP contribution in [0.15, 0.2) is 30.3 Å². The number of unbranched alkanes of at least 4 members (excludes halogenated alkanes) is 2. The Bertz CT molecular complexity index is 300. The summed E-state index contributed by atoms with van der Waals surface area (Å²) in [5, 5.41) is 8.96. The molecule has 80 valence electrons. The minimum Gasteiger partial charge on any atom is -0.306 e. The maximum atomic E-state index is 8.96. The molecule has 1 rings (SSSR count). The highest BCUT2D eigenvalue weighted by Crippen LogP contribution is 2.05. The van der Waals surface area contributed by atoms with Crippen molar-refractivity contribution in [2.45, 2.75) is 32.7 Å². The van der Waals surface area contributed by atoms with Crippen LogP contribution in [0.2, 0.25) is 0 Å². The van der Waals surface area contributed by atoms with Crippen LogP contribution in [0.1, 0.15) is 31.7 Å². The van der Waals surface area contributed by atoms with E-state index in [1.807, 2.05) is 23.1 Å². The van der Waals surface area contributed by atoms with E-state index in [9.17, 15) is 0 Å². The molecule has 1 aromatic rings. The van der Waals surface area contributed by atoms with E-state index in [1.165, 1.54) is 18.4 Å². The van der Waals surface area contributed by atoms with Gasteiger partial charge in [-0.3, -0.25) is 0 Å². The van der Waals surface area contributed by atoms with Crippen LogP contribution in [0, 0.1) is 11.5 Å². The van der Waals surface area contributed by atoms with Gasteiger partial charge in [0, 0.05) is 6.54 Å². The van der Waals surface area contributed by atoms with Crippen molar-refractivity contribution in [3.63, 3.8) is 0 Å². The average Bonchev–Trinajstić information content (AvgIpc) is 2.29. The first kappa shape index (κ1) is 11.6. The van der Waals surface area contributed by atoms with E-state index < -0.39 is 0 Å². The summed E-state index contributed by atoms with van der Waals surface area (Å²) in [6.45, 7) is 3.79. The van der Waals surface area contributed by atoms with Crippen molar-refractivity contribution in [2.24, 2.45) is 0 Å². The number of benzene rings is 1. The fraction of sp³-hybridized carbons (Fsp3) is 0.462. The van der Waals surface area contributed by atoms with Gasteiger partial charge in [-0.05, 0) is 12.0 Å². The maximum Gasteiger partial charge on any atom is 0.179 e. The summed E-state index contributed by atoms with van der Waals surface area (Å²) in [6, 6.07) is 10.1. The van der Waals surface area contributed by atoms with Gasteiger partial charge in [0.05, 0.1) is 6.54 Å². The van der Waals surface area contributed by atoms with Gasteiger partial charge in [-0.25, -0.2) is 0 Å². The van der Waals surface area contributed by atoms with Gasteiger partial charge in [0.1, 0.15) is 0 Å². The van der Waals surface area contributed by atoms with Crippen molar-refractivity contribution in [2.75, 3.05) is 6.54 Å². The Morgan fingerprint density at radius 3 is 2.53 bits per heavy atom. The number of hydrogen-bond acceptors (Lipinski definition) is 2. The summed E-state index contributed by atoms with van der Waals surface area (Å²) in [5.41, 5.74) is 1.20. The fourth-order valence-electron chi connectivity index (χ4n) is 1.52. The Hall–Kier alpha value is -1.49. The molecule has 1 aromatic carbocycles. The molecule has 0 aliphatic carbocycles. The lowest BCUT2D eigenvalue weighted by Crippen LogP contribution is -2.18. The third kappa shape index (κ3) is 4.51. The lowest BCUT2D eigenvalue weighted by atomic mass is 10.2. The molecule has 0 aromatic heterocycles. The first-order valence-corrected chi connectivity index (χ1v) is 5.55. The van der Waals surface area contributed by atoms with E-state index in [2.05, 4.69) is 25.2 Å². The van der Waals surface area contributed by atoms with Crippen molar-refractivity contribution in [1.82, 2.24) is 4.90 Å². The summed E-state index contributed by atoms with van der Waals surface area (Å²) in [4.78, 5) is 1.82. The van der Waals surface area contributed by atoms with Gasteiger partial charge in [-0.2, -0.15) is 5.26 Å². The molecule has 0 saturated carbocycles. The molecule has 0 N–H and O–H groups in total. The van der Waals surface area contributed by atoms with Crippen molar-refractivity contribution >= 4 is 0 Å². The SMILES string of the molecule is CCCCCN(C#N)Cc1ccccc1. The van der Waals surface area contributed by atoms with Gasteiger partial charge >= 0.3 is 0 Å². The Kier molecular flexibility index (Phi) is 5.32. The summed E-state index contributed by atoms with van der Waals surface area (Å²) >= 11 is 0. The lowest BCUT2D eigenvalue weighted by Gasteiger charge is -2.15. The normalized spacial score (nSPS) is 9.60. The van der Waals surface area contributed by atoms with Crippen LogP contribution in [0.5, 0.6) is 0 Å². The zero-order valence-corrected chi connectivity index (χ0v) is 9.32. The summed E-state index contributed by atoms with van der Waals surface area (Å²) in [7, 11) is 0. The molecule has 0 radical (unpaired) electrons. The summed E-state index contributed by atoms with van der Waals surface area (Å²) < 4.78 is 0. The third-order valence-electron chi connectivity index (χ3n) is 2.39. The number of rotatable bonds is 6. The van der Waals surface area contributed by atoms with Crippen LogP contribution in [0.25, 0.3) is 0 Å². The topological polar surface area (TPSA) is 27.0 Å². The standard InChI is InChI=1S/C13H18N2/c1-2-3-7-10-15(12-14)11-13-8-5-4-6-9-13/h4-6,8-9H,2-3,7,10-11H2,1H3. The second-order valence-corrected chi connectivity index (χ2v) is 3.71. The first-order chi connectivity index (χ1) is 7.36. The van der Waals surface area contributed by atoms with E-state index in [0.717, 1.165) is 19.5 Å². The molecule has 0 amide bonds. The van der Waals surface area contributed by atoms with E-state index in [1.54, 1.807) is 0 Å². The zero-order valence-electron chi connectivity index (χ0n) is 9.32. The second-order valence-electron chi connectivity index (χ2n) is 3.71. The lowest BCUT2D eigenvalue weighted by molar-refractivity contribution is 0.372. The second kappa shape index (κ2) is 6.89. The minimum absolute atomic E-state index is 0.737. The Morgan fingerprint density at radius 2 is 1.93 bits per heavy atom. The number of nitriles is 1. The monoisotopic (exact) mass is 202 g/mol. The van der Waals surface area contributed by atoms with E-state index >= 15 is 0 Å². The summed E-state index contributed by atoms with van der Waals surface area (Å²) in [5.74, 6) is 0. The fourth-order valence-corrected chi connectivity index (χ4v) is 1.52. The van der Waals surface area contributed by atoms with Gasteiger partial charge in [0.15, 0.2) is 6.19 Å².